The molecule has 7 heteroatoms. The molecular weight excluding hydrogens is 278 g/mol. The minimum Gasteiger partial charge on any atom is -0.353 e. The lowest BCUT2D eigenvalue weighted by Gasteiger charge is -2.05. The van der Waals surface area contributed by atoms with Crippen molar-refractivity contribution in [3.63, 3.8) is 0 Å². The summed E-state index contributed by atoms with van der Waals surface area (Å²) in [7, 11) is 3.91. The second-order valence-electron chi connectivity index (χ2n) is 4.53. The zero-order valence-electron chi connectivity index (χ0n) is 11.2. The van der Waals surface area contributed by atoms with Gasteiger partial charge < -0.3 is 10.6 Å². The number of anilines is 1. The molecule has 0 aliphatic rings. The number of pyridine rings is 1. The van der Waals surface area contributed by atoms with Gasteiger partial charge in [0, 0.05) is 26.3 Å². The number of aromatic nitrogens is 3. The van der Waals surface area contributed by atoms with E-state index in [9.17, 15) is 0 Å². The molecular formula is C12H17N5S2. The summed E-state index contributed by atoms with van der Waals surface area (Å²) >= 11 is 3.09. The Balaban J connectivity index is 2.02. The van der Waals surface area contributed by atoms with Crippen molar-refractivity contribution >= 4 is 28.2 Å². The van der Waals surface area contributed by atoms with Crippen LogP contribution in [0.5, 0.6) is 0 Å². The van der Waals surface area contributed by atoms with Gasteiger partial charge in [-0.25, -0.2) is 4.98 Å². The Kier molecular flexibility index (Phi) is 4.73. The van der Waals surface area contributed by atoms with Gasteiger partial charge in [-0.05, 0) is 36.7 Å². The maximum absolute atomic E-state index is 5.76. The van der Waals surface area contributed by atoms with Crippen LogP contribution in [0.25, 0.3) is 0 Å². The van der Waals surface area contributed by atoms with Crippen LogP contribution in [-0.4, -0.2) is 35.3 Å². The van der Waals surface area contributed by atoms with Crippen molar-refractivity contribution in [3.05, 3.63) is 23.9 Å². The van der Waals surface area contributed by atoms with Crippen molar-refractivity contribution in [2.45, 2.75) is 28.8 Å². The van der Waals surface area contributed by atoms with Crippen LogP contribution >= 0.6 is 23.1 Å². The summed E-state index contributed by atoms with van der Waals surface area (Å²) in [4.78, 5) is 6.36. The van der Waals surface area contributed by atoms with Crippen LogP contribution in [0.2, 0.25) is 0 Å². The molecule has 5 nitrogen and oxygen atoms in total. The molecule has 1 atom stereocenters. The Morgan fingerprint density at radius 1 is 1.37 bits per heavy atom. The highest BCUT2D eigenvalue weighted by Gasteiger charge is 2.08. The molecule has 2 N–H and O–H groups in total. The summed E-state index contributed by atoms with van der Waals surface area (Å²) in [5.41, 5.74) is 6.92. The Labute approximate surface area is 121 Å². The first-order valence-corrected chi connectivity index (χ1v) is 7.57. The number of hydrogen-bond donors (Lipinski definition) is 1. The van der Waals surface area contributed by atoms with E-state index in [0.717, 1.165) is 26.5 Å². The van der Waals surface area contributed by atoms with Crippen molar-refractivity contribution in [2.75, 3.05) is 19.0 Å². The van der Waals surface area contributed by atoms with Gasteiger partial charge in [-0.1, -0.05) is 17.4 Å². The van der Waals surface area contributed by atoms with Gasteiger partial charge in [0.15, 0.2) is 4.34 Å². The number of hydrogen-bond acceptors (Lipinski definition) is 7. The number of nitrogens with two attached hydrogens (primary N) is 1. The third-order valence-corrected chi connectivity index (χ3v) is 4.42. The lowest BCUT2D eigenvalue weighted by atomic mass is 10.1. The van der Waals surface area contributed by atoms with Gasteiger partial charge in [0.1, 0.15) is 5.03 Å². The lowest BCUT2D eigenvalue weighted by Crippen LogP contribution is -2.17. The molecule has 0 spiro atoms. The lowest BCUT2D eigenvalue weighted by molar-refractivity contribution is 0.734. The minimum atomic E-state index is 0.158. The highest BCUT2D eigenvalue weighted by Crippen LogP contribution is 2.31. The topological polar surface area (TPSA) is 67.9 Å². The van der Waals surface area contributed by atoms with Gasteiger partial charge >= 0.3 is 0 Å². The van der Waals surface area contributed by atoms with Crippen LogP contribution in [0.3, 0.4) is 0 Å². The predicted molar refractivity (Wildman–Crippen MR) is 79.9 cm³/mol. The van der Waals surface area contributed by atoms with Crippen LogP contribution in [0, 0.1) is 0 Å². The number of rotatable bonds is 5. The summed E-state index contributed by atoms with van der Waals surface area (Å²) in [5, 5.41) is 10.1. The second kappa shape index (κ2) is 6.31. The van der Waals surface area contributed by atoms with E-state index in [4.69, 9.17) is 5.73 Å². The predicted octanol–water partition coefficient (Wildman–Crippen LogP) is 2.04. The van der Waals surface area contributed by atoms with Crippen molar-refractivity contribution < 1.29 is 0 Å². The molecule has 1 unspecified atom stereocenters. The van der Waals surface area contributed by atoms with E-state index in [2.05, 4.69) is 21.2 Å². The highest BCUT2D eigenvalue weighted by atomic mass is 32.2. The quantitative estimate of drug-likeness (QED) is 0.910. The Morgan fingerprint density at radius 2 is 2.16 bits per heavy atom. The average molecular weight is 295 g/mol. The molecule has 0 aliphatic carbocycles. The minimum absolute atomic E-state index is 0.158. The van der Waals surface area contributed by atoms with Crippen LogP contribution in [0.1, 0.15) is 12.5 Å². The van der Waals surface area contributed by atoms with E-state index in [0.29, 0.717) is 0 Å². The van der Waals surface area contributed by atoms with Crippen LogP contribution in [-0.2, 0) is 6.42 Å². The molecule has 0 aliphatic heterocycles. The van der Waals surface area contributed by atoms with E-state index < -0.39 is 0 Å². The van der Waals surface area contributed by atoms with Gasteiger partial charge in [0.25, 0.3) is 0 Å². The Morgan fingerprint density at radius 3 is 2.68 bits per heavy atom. The molecule has 2 heterocycles. The first-order chi connectivity index (χ1) is 9.04. The maximum atomic E-state index is 5.76. The standard InChI is InChI=1S/C12H17N5S2/c1-8(13)6-9-4-5-10(14-7-9)18-12-16-15-11(19-12)17(2)3/h4-5,7-8H,6,13H2,1-3H3. The summed E-state index contributed by atoms with van der Waals surface area (Å²) in [6.45, 7) is 1.99. The fraction of sp³-hybridized carbons (Fsp3) is 0.417. The summed E-state index contributed by atoms with van der Waals surface area (Å²) < 4.78 is 0.899. The molecule has 0 aromatic carbocycles. The van der Waals surface area contributed by atoms with Crippen molar-refractivity contribution in [3.8, 4) is 0 Å². The van der Waals surface area contributed by atoms with Crippen LogP contribution < -0.4 is 10.6 Å². The van der Waals surface area contributed by atoms with Gasteiger partial charge in [-0.3, -0.25) is 0 Å². The molecule has 0 radical (unpaired) electrons. The molecule has 19 heavy (non-hydrogen) atoms. The van der Waals surface area contributed by atoms with Crippen molar-refractivity contribution in [1.29, 1.82) is 0 Å². The van der Waals surface area contributed by atoms with Gasteiger partial charge in [-0.2, -0.15) is 0 Å². The van der Waals surface area contributed by atoms with Gasteiger partial charge in [0.05, 0.1) is 0 Å². The van der Waals surface area contributed by atoms with E-state index in [-0.39, 0.29) is 6.04 Å². The Hall–Kier alpha value is -1.18. The summed E-state index contributed by atoms with van der Waals surface area (Å²) in [6.07, 6.45) is 2.72. The monoisotopic (exact) mass is 295 g/mol. The van der Waals surface area contributed by atoms with E-state index >= 15 is 0 Å². The molecule has 0 saturated carbocycles. The van der Waals surface area contributed by atoms with E-state index in [1.165, 1.54) is 11.8 Å². The highest BCUT2D eigenvalue weighted by molar-refractivity contribution is 8.01. The largest absolute Gasteiger partial charge is 0.353 e. The Bertz CT molecular complexity index is 521. The van der Waals surface area contributed by atoms with Crippen LogP contribution in [0.15, 0.2) is 27.7 Å². The zero-order chi connectivity index (χ0) is 13.8. The van der Waals surface area contributed by atoms with Crippen molar-refractivity contribution in [1.82, 2.24) is 15.2 Å². The third-order valence-electron chi connectivity index (χ3n) is 2.33. The molecule has 0 saturated heterocycles. The number of nitrogens with zero attached hydrogens (tertiary/aromatic N) is 4. The molecule has 2 aromatic rings. The zero-order valence-corrected chi connectivity index (χ0v) is 12.8. The van der Waals surface area contributed by atoms with Crippen molar-refractivity contribution in [2.24, 2.45) is 5.73 Å². The second-order valence-corrected chi connectivity index (χ2v) is 6.76. The maximum Gasteiger partial charge on any atom is 0.208 e. The summed E-state index contributed by atoms with van der Waals surface area (Å²) in [5.74, 6) is 0. The van der Waals surface area contributed by atoms with Gasteiger partial charge in [0.2, 0.25) is 5.13 Å². The first kappa shape index (κ1) is 14.2. The molecule has 2 aromatic heterocycles. The van der Waals surface area contributed by atoms with Crippen LogP contribution in [0.4, 0.5) is 5.13 Å². The SMILES string of the molecule is CC(N)Cc1ccc(Sc2nnc(N(C)C)s2)nc1. The average Bonchev–Trinajstić information content (AvgIpc) is 2.80. The van der Waals surface area contributed by atoms with E-state index in [1.807, 2.05) is 38.2 Å². The molecule has 2 rings (SSSR count). The summed E-state index contributed by atoms with van der Waals surface area (Å²) in [6, 6.07) is 4.22. The fourth-order valence-electron chi connectivity index (χ4n) is 1.48. The third kappa shape index (κ3) is 4.15. The molecule has 0 amide bonds. The fourth-order valence-corrected chi connectivity index (χ4v) is 3.13. The normalized spacial score (nSPS) is 12.4. The van der Waals surface area contributed by atoms with E-state index in [1.54, 1.807) is 11.3 Å². The molecule has 0 bridgehead atoms. The first-order valence-electron chi connectivity index (χ1n) is 5.94. The molecule has 102 valence electrons. The smallest absolute Gasteiger partial charge is 0.208 e. The molecule has 0 fully saturated rings. The van der Waals surface area contributed by atoms with Gasteiger partial charge in [-0.15, -0.1) is 10.2 Å².